The zero-order valence-electron chi connectivity index (χ0n) is 14.2. The summed E-state index contributed by atoms with van der Waals surface area (Å²) in [7, 11) is -3.67. The number of sulfonamides is 1. The summed E-state index contributed by atoms with van der Waals surface area (Å²) in [4.78, 5) is 5.59. The molecule has 0 fully saturated rings. The normalized spacial score (nSPS) is 12.3. The molecule has 6 heteroatoms. The molecule has 1 aromatic heterocycles. The molecule has 0 aliphatic heterocycles. The summed E-state index contributed by atoms with van der Waals surface area (Å²) >= 11 is 0. The van der Waals surface area contributed by atoms with Gasteiger partial charge in [0.2, 0.25) is 0 Å². The fourth-order valence-corrected chi connectivity index (χ4v) is 3.49. The third-order valence-corrected chi connectivity index (χ3v) is 5.11. The fraction of sp³-hybridized carbons (Fsp3) is 0.211. The predicted molar refractivity (Wildman–Crippen MR) is 101 cm³/mol. The maximum Gasteiger partial charge on any atom is 0.276 e. The third kappa shape index (κ3) is 4.09. The topological polar surface area (TPSA) is 74.3 Å². The van der Waals surface area contributed by atoms with Crippen molar-refractivity contribution in [2.45, 2.75) is 25.2 Å². The van der Waals surface area contributed by atoms with Gasteiger partial charge in [0.1, 0.15) is 0 Å². The number of H-pyrrole nitrogens is 1. The number of nitrogens with one attached hydrogen (secondary N) is 2. The maximum absolute atomic E-state index is 12.3. The van der Waals surface area contributed by atoms with E-state index in [1.807, 2.05) is 36.4 Å². The van der Waals surface area contributed by atoms with Gasteiger partial charge < -0.3 is 4.98 Å². The van der Waals surface area contributed by atoms with Gasteiger partial charge in [0.25, 0.3) is 10.0 Å². The number of hydrogen-bond donors (Lipinski definition) is 2. The molecule has 1 heterocycles. The molecule has 0 aliphatic carbocycles. The van der Waals surface area contributed by atoms with Gasteiger partial charge in [0.15, 0.2) is 0 Å². The van der Waals surface area contributed by atoms with E-state index in [-0.39, 0.29) is 4.90 Å². The first kappa shape index (κ1) is 17.2. The Morgan fingerprint density at radius 3 is 2.56 bits per heavy atom. The summed E-state index contributed by atoms with van der Waals surface area (Å²) < 4.78 is 24.7. The molecule has 0 radical (unpaired) electrons. The van der Waals surface area contributed by atoms with E-state index in [4.69, 9.17) is 0 Å². The largest absolute Gasteiger partial charge is 0.361 e. The number of hydrazone groups is 1. The Labute approximate surface area is 147 Å². The Balaban J connectivity index is 1.73. The first-order valence-corrected chi connectivity index (χ1v) is 9.64. The Morgan fingerprint density at radius 1 is 1.12 bits per heavy atom. The number of fused-ring (bicyclic) bond motifs is 1. The lowest BCUT2D eigenvalue weighted by Crippen LogP contribution is -2.18. The first-order valence-electron chi connectivity index (χ1n) is 8.15. The highest BCUT2D eigenvalue weighted by molar-refractivity contribution is 7.89. The summed E-state index contributed by atoms with van der Waals surface area (Å²) in [6, 6.07) is 14.7. The molecule has 5 nitrogen and oxygen atoms in total. The van der Waals surface area contributed by atoms with E-state index in [0.717, 1.165) is 28.5 Å². The number of benzene rings is 2. The van der Waals surface area contributed by atoms with Gasteiger partial charge in [-0.15, -0.1) is 0 Å². The van der Waals surface area contributed by atoms with Crippen molar-refractivity contribution in [3.63, 3.8) is 0 Å². The van der Waals surface area contributed by atoms with Crippen LogP contribution < -0.4 is 4.83 Å². The molecule has 0 atom stereocenters. The van der Waals surface area contributed by atoms with E-state index in [1.54, 1.807) is 18.3 Å². The second-order valence-corrected chi connectivity index (χ2v) is 8.05. The molecule has 130 valence electrons. The highest BCUT2D eigenvalue weighted by Gasteiger charge is 2.12. The van der Waals surface area contributed by atoms with E-state index in [0.29, 0.717) is 5.92 Å². The second kappa shape index (κ2) is 7.11. The van der Waals surface area contributed by atoms with E-state index in [9.17, 15) is 8.42 Å². The minimum atomic E-state index is -3.67. The van der Waals surface area contributed by atoms with Crippen molar-refractivity contribution >= 4 is 27.1 Å². The number of hydrogen-bond acceptors (Lipinski definition) is 3. The molecule has 0 aliphatic rings. The summed E-state index contributed by atoms with van der Waals surface area (Å²) in [5, 5.41) is 4.89. The average Bonchev–Trinajstić information content (AvgIpc) is 2.98. The van der Waals surface area contributed by atoms with Crippen molar-refractivity contribution in [2.75, 3.05) is 0 Å². The lowest BCUT2D eigenvalue weighted by atomic mass is 10.0. The van der Waals surface area contributed by atoms with E-state index >= 15 is 0 Å². The maximum atomic E-state index is 12.3. The number of rotatable bonds is 6. The monoisotopic (exact) mass is 355 g/mol. The Kier molecular flexibility index (Phi) is 4.90. The van der Waals surface area contributed by atoms with Gasteiger partial charge in [-0.1, -0.05) is 44.2 Å². The summed E-state index contributed by atoms with van der Waals surface area (Å²) in [6.07, 6.45) is 4.22. The molecule has 0 unspecified atom stereocenters. The predicted octanol–water partition coefficient (Wildman–Crippen LogP) is 3.68. The van der Waals surface area contributed by atoms with Crippen LogP contribution in [0.2, 0.25) is 0 Å². The molecule has 25 heavy (non-hydrogen) atoms. The van der Waals surface area contributed by atoms with Crippen LogP contribution >= 0.6 is 0 Å². The summed E-state index contributed by atoms with van der Waals surface area (Å²) in [5.41, 5.74) is 2.93. The fourth-order valence-electron chi connectivity index (χ4n) is 2.69. The van der Waals surface area contributed by atoms with Crippen LogP contribution in [0.1, 0.15) is 25.0 Å². The number of aromatic nitrogens is 1. The van der Waals surface area contributed by atoms with Crippen LogP contribution in [0, 0.1) is 5.92 Å². The van der Waals surface area contributed by atoms with Gasteiger partial charge in [-0.2, -0.15) is 13.5 Å². The number of para-hydroxylation sites is 1. The van der Waals surface area contributed by atoms with E-state index < -0.39 is 10.0 Å². The van der Waals surface area contributed by atoms with Crippen molar-refractivity contribution < 1.29 is 8.42 Å². The highest BCUT2D eigenvalue weighted by Crippen LogP contribution is 2.16. The summed E-state index contributed by atoms with van der Waals surface area (Å²) in [5.74, 6) is 0.529. The van der Waals surface area contributed by atoms with E-state index in [1.165, 1.54) is 6.21 Å². The smallest absolute Gasteiger partial charge is 0.276 e. The number of nitrogens with zero attached hydrogens (tertiary/aromatic N) is 1. The lowest BCUT2D eigenvalue weighted by Gasteiger charge is -2.07. The molecule has 2 N–H and O–H groups in total. The zero-order chi connectivity index (χ0) is 17.9. The van der Waals surface area contributed by atoms with Crippen LogP contribution in [0.3, 0.4) is 0 Å². The third-order valence-electron chi connectivity index (χ3n) is 3.88. The molecule has 0 saturated heterocycles. The van der Waals surface area contributed by atoms with Gasteiger partial charge in [-0.3, -0.25) is 0 Å². The Hall–Kier alpha value is -2.60. The lowest BCUT2D eigenvalue weighted by molar-refractivity contribution is 0.584. The quantitative estimate of drug-likeness (QED) is 0.523. The summed E-state index contributed by atoms with van der Waals surface area (Å²) in [6.45, 7) is 4.26. The molecule has 2 aromatic carbocycles. The van der Waals surface area contributed by atoms with Gasteiger partial charge in [-0.25, -0.2) is 4.83 Å². The van der Waals surface area contributed by atoms with Crippen LogP contribution in [0.15, 0.2) is 64.7 Å². The Bertz CT molecular complexity index is 987. The van der Waals surface area contributed by atoms with Crippen LogP contribution in [-0.4, -0.2) is 19.6 Å². The molecule has 0 saturated carbocycles. The molecule has 0 amide bonds. The zero-order valence-corrected chi connectivity index (χ0v) is 15.0. The molecular weight excluding hydrogens is 334 g/mol. The average molecular weight is 355 g/mol. The van der Waals surface area contributed by atoms with Crippen molar-refractivity contribution in [3.05, 3.63) is 65.9 Å². The van der Waals surface area contributed by atoms with Crippen molar-refractivity contribution in [1.82, 2.24) is 9.82 Å². The second-order valence-electron chi connectivity index (χ2n) is 6.38. The van der Waals surface area contributed by atoms with Crippen molar-refractivity contribution in [2.24, 2.45) is 11.0 Å². The number of aromatic amines is 1. The van der Waals surface area contributed by atoms with Crippen molar-refractivity contribution in [1.29, 1.82) is 0 Å². The molecule has 0 spiro atoms. The van der Waals surface area contributed by atoms with Crippen molar-refractivity contribution in [3.8, 4) is 0 Å². The van der Waals surface area contributed by atoms with Gasteiger partial charge in [-0.05, 0) is 36.1 Å². The van der Waals surface area contributed by atoms with E-state index in [2.05, 4.69) is 28.8 Å². The first-order chi connectivity index (χ1) is 12.0. The van der Waals surface area contributed by atoms with Crippen LogP contribution in [0.4, 0.5) is 0 Å². The van der Waals surface area contributed by atoms with Gasteiger partial charge in [0, 0.05) is 22.7 Å². The molecule has 0 bridgehead atoms. The SMILES string of the molecule is CC(C)Cc1ccc(S(=O)(=O)NN=Cc2c[nH]c3ccccc23)cc1. The molecule has 3 rings (SSSR count). The Morgan fingerprint density at radius 2 is 1.84 bits per heavy atom. The van der Waals surface area contributed by atoms with Gasteiger partial charge >= 0.3 is 0 Å². The highest BCUT2D eigenvalue weighted by atomic mass is 32.2. The standard InChI is InChI=1S/C19H21N3O2S/c1-14(2)11-15-7-9-17(10-8-15)25(23,24)22-21-13-16-12-20-19-6-4-3-5-18(16)19/h3-10,12-14,20,22H,11H2,1-2H3. The molecular formula is C19H21N3O2S. The minimum Gasteiger partial charge on any atom is -0.361 e. The van der Waals surface area contributed by atoms with Crippen LogP contribution in [-0.2, 0) is 16.4 Å². The van der Waals surface area contributed by atoms with Crippen LogP contribution in [0.5, 0.6) is 0 Å². The van der Waals surface area contributed by atoms with Gasteiger partial charge in [0.05, 0.1) is 11.1 Å². The molecule has 3 aromatic rings. The van der Waals surface area contributed by atoms with Crippen LogP contribution in [0.25, 0.3) is 10.9 Å². The minimum absolute atomic E-state index is 0.205.